The first kappa shape index (κ1) is 23.2. The minimum atomic E-state index is -1.02. The van der Waals surface area contributed by atoms with Crippen molar-refractivity contribution in [2.24, 2.45) is 11.8 Å². The maximum Gasteiger partial charge on any atom is 0.241 e. The topological polar surface area (TPSA) is 146 Å². The van der Waals surface area contributed by atoms with E-state index in [-0.39, 0.29) is 6.61 Å². The lowest BCUT2D eigenvalue weighted by Crippen LogP contribution is -2.35. The minimum absolute atomic E-state index is 0.189. The zero-order chi connectivity index (χ0) is 23.8. The van der Waals surface area contributed by atoms with E-state index in [1.165, 1.54) is 24.2 Å². The van der Waals surface area contributed by atoms with Crippen LogP contribution < -0.4 is 15.4 Å². The summed E-state index contributed by atoms with van der Waals surface area (Å²) in [5, 5.41) is 37.8. The van der Waals surface area contributed by atoms with Crippen LogP contribution in [-0.4, -0.2) is 73.3 Å². The van der Waals surface area contributed by atoms with Gasteiger partial charge in [0.1, 0.15) is 22.4 Å². The van der Waals surface area contributed by atoms with Gasteiger partial charge in [-0.05, 0) is 45.1 Å². The predicted molar refractivity (Wildman–Crippen MR) is 130 cm³/mol. The molecule has 34 heavy (non-hydrogen) atoms. The molecule has 0 aromatic carbocycles. The smallest absolute Gasteiger partial charge is 0.241 e. The highest BCUT2D eigenvalue weighted by atomic mass is 32.1. The molecule has 11 heteroatoms. The quantitative estimate of drug-likeness (QED) is 0.305. The summed E-state index contributed by atoms with van der Waals surface area (Å²) >= 11 is 1.49. The number of pyridine rings is 1. The Hall–Kier alpha value is -2.60. The van der Waals surface area contributed by atoms with Crippen molar-refractivity contribution in [3.05, 3.63) is 18.0 Å². The van der Waals surface area contributed by atoms with Crippen LogP contribution in [0.4, 0.5) is 11.8 Å². The largest absolute Gasteiger partial charge is 0.476 e. The molecule has 2 aliphatic rings. The number of aryl methyl sites for hydroxylation is 1. The molecule has 4 unspecified atom stereocenters. The molecular formula is C23H30N6O4S. The van der Waals surface area contributed by atoms with E-state index in [2.05, 4.69) is 20.6 Å². The number of nitrogens with one attached hydrogen (secondary N) is 2. The third-order valence-electron chi connectivity index (χ3n) is 6.46. The second-order valence-electron chi connectivity index (χ2n) is 9.01. The van der Waals surface area contributed by atoms with Crippen molar-refractivity contribution >= 4 is 33.3 Å². The second-order valence-corrected chi connectivity index (χ2v) is 10.0. The molecule has 0 radical (unpaired) electrons. The number of anilines is 2. The number of nitrogens with zero attached hydrogens (tertiary/aromatic N) is 4. The number of hydrogen-bond acceptors (Lipinski definition) is 11. The van der Waals surface area contributed by atoms with Crippen LogP contribution in [0, 0.1) is 18.8 Å². The second kappa shape index (κ2) is 9.57. The summed E-state index contributed by atoms with van der Waals surface area (Å²) < 4.78 is 6.59. The molecule has 4 atom stereocenters. The van der Waals surface area contributed by atoms with Gasteiger partial charge in [-0.2, -0.15) is 4.98 Å². The lowest BCUT2D eigenvalue weighted by molar-refractivity contribution is 0.00446. The summed E-state index contributed by atoms with van der Waals surface area (Å²) in [6.07, 6.45) is 2.53. The molecule has 10 nitrogen and oxygen atoms in total. The van der Waals surface area contributed by atoms with Crippen LogP contribution in [0.3, 0.4) is 0 Å². The van der Waals surface area contributed by atoms with Gasteiger partial charge in [0.15, 0.2) is 0 Å². The van der Waals surface area contributed by atoms with Gasteiger partial charge in [-0.25, -0.2) is 15.0 Å². The zero-order valence-electron chi connectivity index (χ0n) is 19.2. The van der Waals surface area contributed by atoms with Crippen LogP contribution in [0.25, 0.3) is 20.8 Å². The maximum absolute atomic E-state index is 10.6. The van der Waals surface area contributed by atoms with Gasteiger partial charge in [-0.1, -0.05) is 0 Å². The van der Waals surface area contributed by atoms with E-state index < -0.39 is 24.2 Å². The first-order valence-corrected chi connectivity index (χ1v) is 12.5. The van der Waals surface area contributed by atoms with Gasteiger partial charge in [-0.15, -0.1) is 11.3 Å². The van der Waals surface area contributed by atoms with E-state index in [9.17, 15) is 15.3 Å². The Labute approximate surface area is 201 Å². The van der Waals surface area contributed by atoms with Gasteiger partial charge >= 0.3 is 0 Å². The van der Waals surface area contributed by atoms with Crippen LogP contribution in [0.15, 0.2) is 12.3 Å². The van der Waals surface area contributed by atoms with Gasteiger partial charge in [0.2, 0.25) is 11.8 Å². The molecular weight excluding hydrogens is 456 g/mol. The first-order chi connectivity index (χ1) is 16.5. The summed E-state index contributed by atoms with van der Waals surface area (Å²) in [5.74, 6) is 1.80. The fraction of sp³-hybridized carbons (Fsp3) is 0.565. The van der Waals surface area contributed by atoms with E-state index in [1.807, 2.05) is 19.9 Å². The number of rotatable bonds is 9. The number of hydrogen-bond donors (Lipinski definition) is 5. The third-order valence-corrected chi connectivity index (χ3v) is 7.50. The van der Waals surface area contributed by atoms with Crippen molar-refractivity contribution in [3.63, 3.8) is 0 Å². The van der Waals surface area contributed by atoms with Crippen LogP contribution in [0.2, 0.25) is 0 Å². The Balaban J connectivity index is 1.54. The molecule has 5 rings (SSSR count). The SMILES string of the molecule is CCOc1nccc2sc(-c3c(C)nc(NCC4CC4)nc3NC3CC(CO)C(O)C3O)nc12. The maximum atomic E-state index is 10.6. The molecule has 3 aromatic heterocycles. The first-order valence-electron chi connectivity index (χ1n) is 11.7. The summed E-state index contributed by atoms with van der Waals surface area (Å²) in [6, 6.07) is 1.43. The van der Waals surface area contributed by atoms with E-state index >= 15 is 0 Å². The van der Waals surface area contributed by atoms with Crippen LogP contribution in [0.1, 0.15) is 31.9 Å². The number of aromatic nitrogens is 4. The fourth-order valence-electron chi connectivity index (χ4n) is 4.38. The minimum Gasteiger partial charge on any atom is -0.476 e. The van der Waals surface area contributed by atoms with Gasteiger partial charge in [0, 0.05) is 25.3 Å². The van der Waals surface area contributed by atoms with Crippen molar-refractivity contribution in [2.45, 2.75) is 51.4 Å². The van der Waals surface area contributed by atoms with Crippen molar-refractivity contribution in [2.75, 3.05) is 30.4 Å². The highest BCUT2D eigenvalue weighted by molar-refractivity contribution is 7.21. The summed E-state index contributed by atoms with van der Waals surface area (Å²) in [6.45, 7) is 4.94. The molecule has 3 aromatic rings. The zero-order valence-corrected chi connectivity index (χ0v) is 20.0. The van der Waals surface area contributed by atoms with Crippen molar-refractivity contribution in [1.29, 1.82) is 0 Å². The predicted octanol–water partition coefficient (Wildman–Crippen LogP) is 2.19. The summed E-state index contributed by atoms with van der Waals surface area (Å²) in [4.78, 5) is 18.6. The van der Waals surface area contributed by atoms with Gasteiger partial charge in [0.05, 0.1) is 34.7 Å². The molecule has 3 heterocycles. The van der Waals surface area contributed by atoms with Crippen molar-refractivity contribution < 1.29 is 20.1 Å². The van der Waals surface area contributed by atoms with Crippen LogP contribution >= 0.6 is 11.3 Å². The highest BCUT2D eigenvalue weighted by Crippen LogP contribution is 2.39. The molecule has 2 aliphatic carbocycles. The van der Waals surface area contributed by atoms with Crippen LogP contribution in [0.5, 0.6) is 5.88 Å². The van der Waals surface area contributed by atoms with Gasteiger partial charge in [-0.3, -0.25) is 0 Å². The van der Waals surface area contributed by atoms with E-state index in [0.29, 0.717) is 47.1 Å². The lowest BCUT2D eigenvalue weighted by atomic mass is 10.1. The summed E-state index contributed by atoms with van der Waals surface area (Å²) in [5.41, 5.74) is 2.16. The van der Waals surface area contributed by atoms with Gasteiger partial charge in [0.25, 0.3) is 0 Å². The molecule has 182 valence electrons. The average Bonchev–Trinajstić information content (AvgIpc) is 3.49. The number of fused-ring (bicyclic) bond motifs is 1. The Bertz CT molecular complexity index is 1170. The van der Waals surface area contributed by atoms with Crippen LogP contribution in [-0.2, 0) is 0 Å². The lowest BCUT2D eigenvalue weighted by Gasteiger charge is -2.21. The molecule has 0 aliphatic heterocycles. The highest BCUT2D eigenvalue weighted by Gasteiger charge is 2.41. The normalized spacial score (nSPS) is 24.5. The Morgan fingerprint density at radius 3 is 2.71 bits per heavy atom. The number of aliphatic hydroxyl groups is 3. The molecule has 0 amide bonds. The number of ether oxygens (including phenoxy) is 1. The monoisotopic (exact) mass is 486 g/mol. The molecule has 0 spiro atoms. The Morgan fingerprint density at radius 2 is 2.00 bits per heavy atom. The number of thiazole rings is 1. The fourth-order valence-corrected chi connectivity index (χ4v) is 5.43. The molecule has 0 saturated heterocycles. The molecule has 2 fully saturated rings. The molecule has 2 saturated carbocycles. The third kappa shape index (κ3) is 4.52. The molecule has 0 bridgehead atoms. The van der Waals surface area contributed by atoms with Crippen molar-refractivity contribution in [1.82, 2.24) is 19.9 Å². The van der Waals surface area contributed by atoms with E-state index in [1.54, 1.807) is 6.20 Å². The van der Waals surface area contributed by atoms with E-state index in [4.69, 9.17) is 14.7 Å². The summed E-state index contributed by atoms with van der Waals surface area (Å²) in [7, 11) is 0. The standard InChI is InChI=1S/C23H30N6O4S/c1-3-33-21-17-15(6-7-24-21)34-22(28-17)16-11(2)26-23(25-9-12-4-5-12)29-20(16)27-14-8-13(10-30)18(31)19(14)32/h6-7,12-14,18-19,30-32H,3-5,8-10H2,1-2H3,(H2,25,26,27,29). The Morgan fingerprint density at radius 1 is 1.18 bits per heavy atom. The van der Waals surface area contributed by atoms with Gasteiger partial charge < -0.3 is 30.7 Å². The number of aliphatic hydroxyl groups excluding tert-OH is 3. The molecule has 5 N–H and O–H groups in total. The average molecular weight is 487 g/mol. The Kier molecular flexibility index (Phi) is 6.52. The van der Waals surface area contributed by atoms with Crippen molar-refractivity contribution in [3.8, 4) is 16.5 Å². The van der Waals surface area contributed by atoms with E-state index in [0.717, 1.165) is 22.5 Å².